The zero-order valence-electron chi connectivity index (χ0n) is 12.2. The lowest BCUT2D eigenvalue weighted by Crippen LogP contribution is -2.45. The lowest BCUT2D eigenvalue weighted by molar-refractivity contribution is 0.160. The zero-order chi connectivity index (χ0) is 14.5. The molecule has 0 saturated carbocycles. The first-order valence-corrected chi connectivity index (χ1v) is 7.25. The number of allylic oxidation sites excluding steroid dienone is 1. The SMILES string of the molecule is C=CCC[C@@H](c1c(F)ccc(Cl)c1O)N1CCNCC1.Cl.Cl. The minimum atomic E-state index is -0.403. The summed E-state index contributed by atoms with van der Waals surface area (Å²) in [4.78, 5) is 2.19. The first-order chi connectivity index (χ1) is 9.65. The molecule has 0 aliphatic carbocycles. The molecule has 2 rings (SSSR count). The summed E-state index contributed by atoms with van der Waals surface area (Å²) in [6, 6.07) is 2.53. The molecule has 1 aliphatic heterocycles. The van der Waals surface area contributed by atoms with E-state index in [1.807, 2.05) is 6.08 Å². The van der Waals surface area contributed by atoms with Crippen LogP contribution in [0.1, 0.15) is 24.4 Å². The smallest absolute Gasteiger partial charge is 0.141 e. The average Bonchev–Trinajstić information content (AvgIpc) is 2.47. The second-order valence-corrected chi connectivity index (χ2v) is 5.37. The van der Waals surface area contributed by atoms with E-state index in [0.717, 1.165) is 32.6 Å². The molecule has 0 bridgehead atoms. The van der Waals surface area contributed by atoms with Crippen molar-refractivity contribution in [1.82, 2.24) is 10.2 Å². The Morgan fingerprint density at radius 3 is 2.59 bits per heavy atom. The van der Waals surface area contributed by atoms with Crippen LogP contribution in [0, 0.1) is 5.82 Å². The molecule has 1 saturated heterocycles. The summed E-state index contributed by atoms with van der Waals surface area (Å²) < 4.78 is 14.2. The largest absolute Gasteiger partial charge is 0.506 e. The van der Waals surface area contributed by atoms with Crippen LogP contribution in [0.25, 0.3) is 0 Å². The Balaban J connectivity index is 0.00000220. The molecular weight excluding hydrogens is 350 g/mol. The van der Waals surface area contributed by atoms with Crippen molar-refractivity contribution >= 4 is 36.4 Å². The molecule has 7 heteroatoms. The van der Waals surface area contributed by atoms with E-state index < -0.39 is 5.82 Å². The van der Waals surface area contributed by atoms with Crippen molar-refractivity contribution in [3.63, 3.8) is 0 Å². The Morgan fingerprint density at radius 2 is 2.00 bits per heavy atom. The number of hydrogen-bond donors (Lipinski definition) is 2. The maximum absolute atomic E-state index is 14.2. The molecule has 0 unspecified atom stereocenters. The molecule has 0 aromatic heterocycles. The first kappa shape index (κ1) is 21.5. The molecule has 0 radical (unpaired) electrons. The molecule has 1 atom stereocenters. The molecule has 0 spiro atoms. The summed E-state index contributed by atoms with van der Waals surface area (Å²) in [5.74, 6) is -0.543. The Labute approximate surface area is 148 Å². The summed E-state index contributed by atoms with van der Waals surface area (Å²) in [5.41, 5.74) is 0.307. The van der Waals surface area contributed by atoms with Gasteiger partial charge in [-0.3, -0.25) is 4.90 Å². The molecule has 2 N–H and O–H groups in total. The summed E-state index contributed by atoms with van der Waals surface area (Å²) >= 11 is 5.94. The van der Waals surface area contributed by atoms with E-state index in [9.17, 15) is 9.50 Å². The number of nitrogens with zero attached hydrogens (tertiary/aromatic N) is 1. The van der Waals surface area contributed by atoms with Gasteiger partial charge in [0.2, 0.25) is 0 Å². The topological polar surface area (TPSA) is 35.5 Å². The lowest BCUT2D eigenvalue weighted by Gasteiger charge is -2.35. The highest BCUT2D eigenvalue weighted by atomic mass is 35.5. The fraction of sp³-hybridized carbons (Fsp3) is 0.467. The van der Waals surface area contributed by atoms with Gasteiger partial charge in [-0.1, -0.05) is 17.7 Å². The number of benzene rings is 1. The number of phenols is 1. The second-order valence-electron chi connectivity index (χ2n) is 4.96. The summed E-state index contributed by atoms with van der Waals surface area (Å²) in [5, 5.41) is 13.6. The molecule has 126 valence electrons. The van der Waals surface area contributed by atoms with Gasteiger partial charge in [0.25, 0.3) is 0 Å². The van der Waals surface area contributed by atoms with Gasteiger partial charge >= 0.3 is 0 Å². The van der Waals surface area contributed by atoms with Crippen molar-refractivity contribution in [2.24, 2.45) is 0 Å². The van der Waals surface area contributed by atoms with Gasteiger partial charge in [0.15, 0.2) is 0 Å². The normalized spacial score (nSPS) is 16.3. The van der Waals surface area contributed by atoms with Crippen LogP contribution in [0.4, 0.5) is 4.39 Å². The highest BCUT2D eigenvalue weighted by molar-refractivity contribution is 6.32. The number of halogens is 4. The predicted molar refractivity (Wildman–Crippen MR) is 94.2 cm³/mol. The van der Waals surface area contributed by atoms with Crippen molar-refractivity contribution in [2.75, 3.05) is 26.2 Å². The monoisotopic (exact) mass is 370 g/mol. The zero-order valence-corrected chi connectivity index (χ0v) is 14.6. The van der Waals surface area contributed by atoms with E-state index >= 15 is 0 Å². The second kappa shape index (κ2) is 10.3. The molecule has 1 heterocycles. The minimum Gasteiger partial charge on any atom is -0.506 e. The quantitative estimate of drug-likeness (QED) is 0.770. The highest BCUT2D eigenvalue weighted by Crippen LogP contribution is 2.38. The van der Waals surface area contributed by atoms with E-state index in [2.05, 4.69) is 16.8 Å². The third-order valence-corrected chi connectivity index (χ3v) is 3.99. The van der Waals surface area contributed by atoms with Crippen molar-refractivity contribution in [3.05, 3.63) is 41.2 Å². The van der Waals surface area contributed by atoms with Gasteiger partial charge in [-0.15, -0.1) is 31.4 Å². The van der Waals surface area contributed by atoms with E-state index in [1.54, 1.807) is 0 Å². The van der Waals surface area contributed by atoms with E-state index in [-0.39, 0.29) is 41.6 Å². The van der Waals surface area contributed by atoms with Gasteiger partial charge in [0, 0.05) is 37.8 Å². The predicted octanol–water partition coefficient (Wildman–Crippen LogP) is 3.94. The molecule has 1 aliphatic rings. The number of aromatic hydroxyl groups is 1. The Hall–Kier alpha value is -0.520. The van der Waals surface area contributed by atoms with Gasteiger partial charge in [-0.2, -0.15) is 0 Å². The molecule has 1 aromatic carbocycles. The van der Waals surface area contributed by atoms with Crippen LogP contribution in [-0.2, 0) is 0 Å². The third-order valence-electron chi connectivity index (χ3n) is 3.68. The van der Waals surface area contributed by atoms with E-state index in [1.165, 1.54) is 12.1 Å². The highest BCUT2D eigenvalue weighted by Gasteiger charge is 2.27. The Bertz CT molecular complexity index is 482. The van der Waals surface area contributed by atoms with Gasteiger partial charge < -0.3 is 10.4 Å². The van der Waals surface area contributed by atoms with Crippen LogP contribution in [0.2, 0.25) is 5.02 Å². The molecule has 1 fully saturated rings. The number of rotatable bonds is 5. The van der Waals surface area contributed by atoms with Gasteiger partial charge in [0.05, 0.1) is 5.02 Å². The van der Waals surface area contributed by atoms with Crippen LogP contribution in [0.15, 0.2) is 24.8 Å². The van der Waals surface area contributed by atoms with Crippen LogP contribution in [-0.4, -0.2) is 36.2 Å². The maximum Gasteiger partial charge on any atom is 0.141 e. The molecule has 1 aromatic rings. The summed E-state index contributed by atoms with van der Waals surface area (Å²) in [7, 11) is 0. The molecule has 22 heavy (non-hydrogen) atoms. The Kier molecular flexibility index (Phi) is 10.0. The number of piperazine rings is 1. The standard InChI is InChI=1S/C15H20ClFN2O.2ClH/c1-2-3-4-13(19-9-7-18-8-10-19)14-12(17)6-5-11(16)15(14)20;;/h2,5-6,13,18,20H,1,3-4,7-10H2;2*1H/t13-;;/m0../s1. The Morgan fingerprint density at radius 1 is 1.36 bits per heavy atom. The fourth-order valence-electron chi connectivity index (χ4n) is 2.65. The lowest BCUT2D eigenvalue weighted by atomic mass is 9.98. The molecule has 3 nitrogen and oxygen atoms in total. The average molecular weight is 372 g/mol. The number of phenolic OH excluding ortho intramolecular Hbond substituents is 1. The van der Waals surface area contributed by atoms with Crippen molar-refractivity contribution in [1.29, 1.82) is 0 Å². The third kappa shape index (κ3) is 5.00. The van der Waals surface area contributed by atoms with Crippen molar-refractivity contribution in [2.45, 2.75) is 18.9 Å². The molecule has 0 amide bonds. The van der Waals surface area contributed by atoms with Crippen LogP contribution < -0.4 is 5.32 Å². The van der Waals surface area contributed by atoms with Gasteiger partial charge in [-0.25, -0.2) is 4.39 Å². The molecular formula is C15H22Cl3FN2O. The summed E-state index contributed by atoms with van der Waals surface area (Å²) in [6.07, 6.45) is 3.29. The van der Waals surface area contributed by atoms with Crippen LogP contribution in [0.3, 0.4) is 0 Å². The van der Waals surface area contributed by atoms with E-state index in [0.29, 0.717) is 12.0 Å². The number of nitrogens with one attached hydrogen (secondary N) is 1. The van der Waals surface area contributed by atoms with E-state index in [4.69, 9.17) is 11.6 Å². The van der Waals surface area contributed by atoms with Crippen LogP contribution in [0.5, 0.6) is 5.75 Å². The van der Waals surface area contributed by atoms with Crippen molar-refractivity contribution in [3.8, 4) is 5.75 Å². The minimum absolute atomic E-state index is 0. The number of hydrogen-bond acceptors (Lipinski definition) is 3. The summed E-state index contributed by atoms with van der Waals surface area (Å²) in [6.45, 7) is 7.11. The first-order valence-electron chi connectivity index (χ1n) is 6.87. The van der Waals surface area contributed by atoms with Crippen LogP contribution >= 0.6 is 36.4 Å². The maximum atomic E-state index is 14.2. The fourth-order valence-corrected chi connectivity index (χ4v) is 2.82. The van der Waals surface area contributed by atoms with Gasteiger partial charge in [-0.05, 0) is 25.0 Å². The van der Waals surface area contributed by atoms with Crippen molar-refractivity contribution < 1.29 is 9.50 Å². The van der Waals surface area contributed by atoms with Gasteiger partial charge in [0.1, 0.15) is 11.6 Å².